The number of ketones is 1. The minimum atomic E-state index is -0.966. The van der Waals surface area contributed by atoms with E-state index in [1.807, 2.05) is 111 Å². The average molecular weight is 514 g/mol. The van der Waals surface area contributed by atoms with Gasteiger partial charge >= 0.3 is 0 Å². The standard InChI is InChI=1S/C31H27N7O/c1-29(2)27-17-31(38-19-21(18-33-38)20-9-12-32-13-10-20)11-8-25(36-31)15-24-5-4-22(34-24)14-23-6-7-26(35-23)16-30(3,37-27)28(29)39/h4-19,34,37H,1-3H3. The van der Waals surface area contributed by atoms with E-state index in [1.54, 1.807) is 12.4 Å². The molecule has 7 rings (SSSR count). The number of carbonyl (C=O) groups is 1. The molecule has 0 amide bonds. The fourth-order valence-corrected chi connectivity index (χ4v) is 5.62. The summed E-state index contributed by atoms with van der Waals surface area (Å²) in [6.45, 7) is 5.81. The van der Waals surface area contributed by atoms with Gasteiger partial charge in [-0.3, -0.25) is 9.78 Å². The van der Waals surface area contributed by atoms with Crippen LogP contribution in [0.15, 0.2) is 107 Å². The van der Waals surface area contributed by atoms with Crippen molar-refractivity contribution in [3.63, 3.8) is 0 Å². The number of allylic oxidation sites excluding steroid dienone is 4. The molecule has 7 heterocycles. The number of carbonyl (C=O) groups excluding carboxylic acids is 1. The van der Waals surface area contributed by atoms with Crippen LogP contribution in [0.25, 0.3) is 23.3 Å². The molecule has 8 nitrogen and oxygen atoms in total. The van der Waals surface area contributed by atoms with Gasteiger partial charge in [0.25, 0.3) is 0 Å². The van der Waals surface area contributed by atoms with Crippen LogP contribution in [-0.4, -0.2) is 42.5 Å². The lowest BCUT2D eigenvalue weighted by molar-refractivity contribution is -0.126. The molecular weight excluding hydrogens is 486 g/mol. The first-order valence-electron chi connectivity index (χ1n) is 12.9. The highest BCUT2D eigenvalue weighted by molar-refractivity contribution is 6.20. The zero-order chi connectivity index (χ0) is 26.8. The largest absolute Gasteiger partial charge is 0.372 e. The van der Waals surface area contributed by atoms with Gasteiger partial charge < -0.3 is 10.3 Å². The quantitative estimate of drug-likeness (QED) is 0.550. The molecule has 0 saturated carbocycles. The second kappa shape index (κ2) is 8.07. The van der Waals surface area contributed by atoms with Crippen LogP contribution in [-0.2, 0) is 10.5 Å². The molecule has 0 aliphatic carbocycles. The number of hydrogen-bond donors (Lipinski definition) is 2. The molecule has 4 aliphatic heterocycles. The number of aromatic amines is 1. The van der Waals surface area contributed by atoms with E-state index in [0.717, 1.165) is 44.6 Å². The summed E-state index contributed by atoms with van der Waals surface area (Å²) in [6, 6.07) is 7.94. The Morgan fingerprint density at radius 1 is 0.872 bits per heavy atom. The summed E-state index contributed by atoms with van der Waals surface area (Å²) in [7, 11) is 0. The summed E-state index contributed by atoms with van der Waals surface area (Å²) in [5.74, 6) is 0.0681. The van der Waals surface area contributed by atoms with Crippen molar-refractivity contribution in [2.75, 3.05) is 0 Å². The first-order chi connectivity index (χ1) is 18.7. The lowest BCUT2D eigenvalue weighted by atomic mass is 9.80. The molecular formula is C31H27N7O. The molecule has 2 atom stereocenters. The Bertz CT molecular complexity index is 1840. The van der Waals surface area contributed by atoms with E-state index in [-0.39, 0.29) is 5.78 Å². The Morgan fingerprint density at radius 3 is 2.44 bits per heavy atom. The third kappa shape index (κ3) is 3.79. The number of aliphatic imine (C=N–C) groups is 2. The van der Waals surface area contributed by atoms with Gasteiger partial charge in [-0.25, -0.2) is 14.7 Å². The fourth-order valence-electron chi connectivity index (χ4n) is 5.62. The Labute approximate surface area is 225 Å². The van der Waals surface area contributed by atoms with Gasteiger partial charge in [-0.1, -0.05) is 0 Å². The van der Waals surface area contributed by atoms with E-state index in [2.05, 4.69) is 15.3 Å². The van der Waals surface area contributed by atoms with E-state index >= 15 is 0 Å². The number of pyridine rings is 1. The fraction of sp³-hybridized carbons (Fsp3) is 0.194. The first-order valence-corrected chi connectivity index (χ1v) is 12.9. The van der Waals surface area contributed by atoms with Crippen LogP contribution >= 0.6 is 0 Å². The molecule has 4 aliphatic rings. The van der Waals surface area contributed by atoms with Crippen molar-refractivity contribution in [1.29, 1.82) is 0 Å². The molecule has 0 aromatic carbocycles. The Balaban J connectivity index is 1.45. The van der Waals surface area contributed by atoms with E-state index in [1.165, 1.54) is 0 Å². The summed E-state index contributed by atoms with van der Waals surface area (Å²) in [4.78, 5) is 31.3. The summed E-state index contributed by atoms with van der Waals surface area (Å²) in [6.07, 6.45) is 23.2. The highest BCUT2D eigenvalue weighted by Crippen LogP contribution is 2.43. The van der Waals surface area contributed by atoms with Crippen molar-refractivity contribution >= 4 is 29.4 Å². The van der Waals surface area contributed by atoms with Crippen molar-refractivity contribution in [3.05, 3.63) is 108 Å². The van der Waals surface area contributed by atoms with Crippen molar-refractivity contribution in [1.82, 2.24) is 25.1 Å². The van der Waals surface area contributed by atoms with Crippen LogP contribution in [0.4, 0.5) is 0 Å². The van der Waals surface area contributed by atoms with E-state index in [9.17, 15) is 4.79 Å². The summed E-state index contributed by atoms with van der Waals surface area (Å²) in [5.41, 5.74) is 2.44. The Kier molecular flexibility index (Phi) is 4.82. The summed E-state index contributed by atoms with van der Waals surface area (Å²) < 4.78 is 1.84. The lowest BCUT2D eigenvalue weighted by Crippen LogP contribution is -2.41. The second-order valence-electron chi connectivity index (χ2n) is 11.0. The molecule has 2 N–H and O–H groups in total. The number of nitrogens with one attached hydrogen (secondary N) is 2. The van der Waals surface area contributed by atoms with Crippen LogP contribution in [0.3, 0.4) is 0 Å². The van der Waals surface area contributed by atoms with E-state index < -0.39 is 16.6 Å². The van der Waals surface area contributed by atoms with Crippen LogP contribution in [0, 0.1) is 5.41 Å². The Morgan fingerprint density at radius 2 is 1.64 bits per heavy atom. The molecule has 39 heavy (non-hydrogen) atoms. The van der Waals surface area contributed by atoms with Gasteiger partial charge in [-0.05, 0) is 99.2 Å². The van der Waals surface area contributed by atoms with Crippen molar-refractivity contribution < 1.29 is 4.79 Å². The maximum absolute atomic E-state index is 13.8. The molecule has 1 fully saturated rings. The molecule has 192 valence electrons. The SMILES string of the molecule is CC12C=C3C=CC(=N3)C=c3ccc([nH]3)=CC3=NC(n4cc(-c5ccncc5)cn4)(C=C3)C=C(N1)C(C)(C)C2=O. The molecule has 1 saturated heterocycles. The van der Waals surface area contributed by atoms with Gasteiger partial charge in [0.15, 0.2) is 11.4 Å². The van der Waals surface area contributed by atoms with Gasteiger partial charge in [0, 0.05) is 40.5 Å². The maximum atomic E-state index is 13.8. The predicted molar refractivity (Wildman–Crippen MR) is 152 cm³/mol. The van der Waals surface area contributed by atoms with Crippen molar-refractivity contribution in [2.45, 2.75) is 32.0 Å². The number of hydrogen-bond acceptors (Lipinski definition) is 6. The maximum Gasteiger partial charge on any atom is 0.192 e. The molecule has 8 heteroatoms. The Hall–Kier alpha value is -4.85. The molecule has 0 radical (unpaired) electrons. The minimum absolute atomic E-state index is 0.0681. The lowest BCUT2D eigenvalue weighted by Gasteiger charge is -2.25. The zero-order valence-electron chi connectivity index (χ0n) is 21.9. The third-order valence-corrected chi connectivity index (χ3v) is 7.69. The molecule has 0 spiro atoms. The van der Waals surface area contributed by atoms with Gasteiger partial charge in [0.05, 0.1) is 28.7 Å². The number of rotatable bonds is 2. The number of H-pyrrole nitrogens is 1. The van der Waals surface area contributed by atoms with Gasteiger partial charge in [-0.2, -0.15) is 5.10 Å². The monoisotopic (exact) mass is 513 g/mol. The predicted octanol–water partition coefficient (Wildman–Crippen LogP) is 2.95. The van der Waals surface area contributed by atoms with Crippen LogP contribution in [0.1, 0.15) is 20.8 Å². The van der Waals surface area contributed by atoms with Crippen LogP contribution in [0.5, 0.6) is 0 Å². The van der Waals surface area contributed by atoms with Crippen LogP contribution in [0.2, 0.25) is 0 Å². The molecule has 3 aromatic rings. The highest BCUT2D eigenvalue weighted by atomic mass is 16.1. The van der Waals surface area contributed by atoms with Crippen LogP contribution < -0.4 is 16.0 Å². The molecule has 8 bridgehead atoms. The van der Waals surface area contributed by atoms with E-state index in [4.69, 9.17) is 15.1 Å². The number of aromatic nitrogens is 4. The summed E-state index contributed by atoms with van der Waals surface area (Å²) in [5, 5.41) is 10.1. The minimum Gasteiger partial charge on any atom is -0.372 e. The second-order valence-corrected chi connectivity index (χ2v) is 11.0. The van der Waals surface area contributed by atoms with Gasteiger partial charge in [-0.15, -0.1) is 0 Å². The van der Waals surface area contributed by atoms with Gasteiger partial charge in [0.2, 0.25) is 0 Å². The van der Waals surface area contributed by atoms with Crippen molar-refractivity contribution in [3.8, 4) is 11.1 Å². The topological polar surface area (TPSA) is 100 Å². The highest BCUT2D eigenvalue weighted by Gasteiger charge is 2.52. The van der Waals surface area contributed by atoms with Crippen molar-refractivity contribution in [2.24, 2.45) is 15.4 Å². The molecule has 3 aromatic heterocycles. The normalized spacial score (nSPS) is 26.3. The number of fused-ring (bicyclic) bond motifs is 6. The summed E-state index contributed by atoms with van der Waals surface area (Å²) >= 11 is 0. The third-order valence-electron chi connectivity index (χ3n) is 7.69. The smallest absolute Gasteiger partial charge is 0.192 e. The molecule has 2 unspecified atom stereocenters. The number of nitrogens with zero attached hydrogens (tertiary/aromatic N) is 5. The average Bonchev–Trinajstić information content (AvgIpc) is 3.73. The number of Topliss-reactive ketones (excluding diaryl/α,β-unsaturated/α-hetero) is 1. The van der Waals surface area contributed by atoms with E-state index in [0.29, 0.717) is 0 Å². The first kappa shape index (κ1) is 23.3. The zero-order valence-corrected chi connectivity index (χ0v) is 21.9. The van der Waals surface area contributed by atoms with Gasteiger partial charge in [0.1, 0.15) is 5.54 Å².